The lowest BCUT2D eigenvalue weighted by Gasteiger charge is -2.55. The molecule has 33 heavy (non-hydrogen) atoms. The minimum absolute atomic E-state index is 0.0505. The van der Waals surface area contributed by atoms with Crippen LogP contribution in [0.3, 0.4) is 0 Å². The highest BCUT2D eigenvalue weighted by Gasteiger charge is 2.59. The van der Waals surface area contributed by atoms with E-state index in [0.29, 0.717) is 11.8 Å². The van der Waals surface area contributed by atoms with Gasteiger partial charge in [-0.1, -0.05) is 67.1 Å². The summed E-state index contributed by atoms with van der Waals surface area (Å²) in [7, 11) is 0. The average molecular weight is 441 g/mol. The Bertz CT molecular complexity index is 1020. The summed E-state index contributed by atoms with van der Waals surface area (Å²) in [6.07, 6.45) is 15.2. The molecule has 1 N–H and O–H groups in total. The topological polar surface area (TPSA) is 13.7 Å². The highest BCUT2D eigenvalue weighted by Crippen LogP contribution is 2.54. The maximum absolute atomic E-state index is 7.43. The highest BCUT2D eigenvalue weighted by atomic mass is 16.5. The number of likely N-dealkylation sites (tertiary alicyclic amines) is 1. The quantitative estimate of drug-likeness (QED) is 0.593. The lowest BCUT2D eigenvalue weighted by atomic mass is 9.64. The molecule has 2 heterocycles. The van der Waals surface area contributed by atoms with E-state index in [9.17, 15) is 0 Å². The van der Waals surface area contributed by atoms with E-state index in [2.05, 4.69) is 66.7 Å². The van der Waals surface area contributed by atoms with Crippen molar-refractivity contribution in [2.24, 2.45) is 5.92 Å². The third kappa shape index (κ3) is 3.87. The third-order valence-electron chi connectivity index (χ3n) is 8.80. The Balaban J connectivity index is 1.51. The van der Waals surface area contributed by atoms with Crippen LogP contribution in [0.25, 0.3) is 6.08 Å². The van der Waals surface area contributed by atoms with Gasteiger partial charge in [0.15, 0.2) is 0 Å². The fraction of sp³-hybridized carbons (Fsp3) is 0.484. The minimum atomic E-state index is -0.0505. The molecule has 2 fully saturated rings. The van der Waals surface area contributed by atoms with Gasteiger partial charge in [0, 0.05) is 12.3 Å². The number of quaternary nitrogens is 1. The van der Waals surface area contributed by atoms with Crippen LogP contribution in [0.15, 0.2) is 77.6 Å². The number of fused-ring (bicyclic) bond motifs is 1. The molecular formula is C31H38NO+. The zero-order valence-electron chi connectivity index (χ0n) is 19.9. The van der Waals surface area contributed by atoms with E-state index < -0.39 is 0 Å². The van der Waals surface area contributed by atoms with Crippen molar-refractivity contribution in [3.8, 4) is 0 Å². The molecule has 2 aliphatic carbocycles. The Morgan fingerprint density at radius 1 is 0.788 bits per heavy atom. The van der Waals surface area contributed by atoms with Crippen LogP contribution in [0.5, 0.6) is 0 Å². The first-order valence-electron chi connectivity index (χ1n) is 13.4. The Hall–Kier alpha value is -2.32. The van der Waals surface area contributed by atoms with Crippen molar-refractivity contribution in [2.75, 3.05) is 13.1 Å². The van der Waals surface area contributed by atoms with Gasteiger partial charge in [-0.25, -0.2) is 0 Å². The fourth-order valence-electron chi connectivity index (χ4n) is 7.38. The molecule has 1 saturated carbocycles. The van der Waals surface area contributed by atoms with Gasteiger partial charge in [-0.15, -0.1) is 0 Å². The Morgan fingerprint density at radius 2 is 1.55 bits per heavy atom. The van der Waals surface area contributed by atoms with E-state index in [0.717, 1.165) is 6.42 Å². The second-order valence-electron chi connectivity index (χ2n) is 10.7. The van der Waals surface area contributed by atoms with Crippen LogP contribution in [0.1, 0.15) is 81.3 Å². The van der Waals surface area contributed by atoms with E-state index in [-0.39, 0.29) is 5.72 Å². The number of benzene rings is 2. The molecule has 1 saturated heterocycles. The molecule has 172 valence electrons. The molecule has 0 radical (unpaired) electrons. The smallest absolute Gasteiger partial charge is 0.245 e. The van der Waals surface area contributed by atoms with E-state index in [1.54, 1.807) is 10.5 Å². The van der Waals surface area contributed by atoms with Crippen LogP contribution in [-0.2, 0) is 4.74 Å². The SMILES string of the molecule is C(=C1/CCCC2=C1O[C@@]1([NH+]3CCCCC3)CCCC[C@H]1[C@H]2c1ccccc1)/c1ccccc1. The van der Waals surface area contributed by atoms with Crippen LogP contribution in [0, 0.1) is 5.92 Å². The maximum atomic E-state index is 7.43. The van der Waals surface area contributed by atoms with Crippen molar-refractivity contribution >= 4 is 6.08 Å². The van der Waals surface area contributed by atoms with Gasteiger partial charge < -0.3 is 4.74 Å². The lowest BCUT2D eigenvalue weighted by molar-refractivity contribution is -0.989. The number of rotatable bonds is 3. The molecule has 4 aliphatic rings. The maximum Gasteiger partial charge on any atom is 0.245 e. The van der Waals surface area contributed by atoms with Crippen molar-refractivity contribution in [1.29, 1.82) is 0 Å². The monoisotopic (exact) mass is 440 g/mol. The van der Waals surface area contributed by atoms with E-state index in [4.69, 9.17) is 4.74 Å². The number of allylic oxidation sites excluding steroid dienone is 2. The zero-order chi connectivity index (χ0) is 22.1. The first kappa shape index (κ1) is 21.2. The summed E-state index contributed by atoms with van der Waals surface area (Å²) >= 11 is 0. The second-order valence-corrected chi connectivity index (χ2v) is 10.7. The Labute approximate surface area is 199 Å². The second kappa shape index (κ2) is 9.14. The molecule has 2 aromatic rings. The standard InChI is InChI=1S/C31H37NO/c1-4-13-24(14-5-1)23-26-17-12-18-27-29(25-15-6-2-7-16-25)28-19-8-9-20-31(28,33-30(26)27)32-21-10-3-11-22-32/h1-2,4-7,13-16,23,28-29H,3,8-12,17-22H2/p+1/b26-23+/t28-,29-,31-/m0/s1. The van der Waals surface area contributed by atoms with Gasteiger partial charge >= 0.3 is 0 Å². The number of piperidine rings is 1. The average Bonchev–Trinajstić information content (AvgIpc) is 2.89. The van der Waals surface area contributed by atoms with Gasteiger partial charge in [-0.05, 0) is 79.7 Å². The Kier molecular flexibility index (Phi) is 5.88. The van der Waals surface area contributed by atoms with Crippen LogP contribution in [-0.4, -0.2) is 18.8 Å². The summed E-state index contributed by atoms with van der Waals surface area (Å²) < 4.78 is 7.43. The highest BCUT2D eigenvalue weighted by molar-refractivity contribution is 5.60. The molecule has 0 bridgehead atoms. The predicted octanol–water partition coefficient (Wildman–Crippen LogP) is 6.28. The third-order valence-corrected chi connectivity index (χ3v) is 8.80. The van der Waals surface area contributed by atoms with Gasteiger partial charge in [0.05, 0.1) is 19.0 Å². The number of nitrogens with one attached hydrogen (secondary N) is 1. The normalized spacial score (nSPS) is 31.6. The predicted molar refractivity (Wildman–Crippen MR) is 135 cm³/mol. The summed E-state index contributed by atoms with van der Waals surface area (Å²) in [5.74, 6) is 2.37. The van der Waals surface area contributed by atoms with E-state index >= 15 is 0 Å². The Morgan fingerprint density at radius 3 is 2.33 bits per heavy atom. The molecule has 0 amide bonds. The molecule has 2 aromatic carbocycles. The van der Waals surface area contributed by atoms with Crippen molar-refractivity contribution < 1.29 is 9.64 Å². The fourth-order valence-corrected chi connectivity index (χ4v) is 7.38. The summed E-state index contributed by atoms with van der Waals surface area (Å²) in [5, 5.41) is 0. The van der Waals surface area contributed by atoms with Crippen LogP contribution >= 0.6 is 0 Å². The van der Waals surface area contributed by atoms with E-state index in [1.165, 1.54) is 93.3 Å². The van der Waals surface area contributed by atoms with E-state index in [1.807, 2.05) is 0 Å². The molecule has 6 rings (SSSR count). The first-order chi connectivity index (χ1) is 16.4. The molecule has 0 spiro atoms. The summed E-state index contributed by atoms with van der Waals surface area (Å²) in [5.41, 5.74) is 5.79. The van der Waals surface area contributed by atoms with Crippen LogP contribution < -0.4 is 4.90 Å². The van der Waals surface area contributed by atoms with Gasteiger partial charge in [-0.2, -0.15) is 0 Å². The lowest BCUT2D eigenvalue weighted by Crippen LogP contribution is -3.22. The summed E-state index contributed by atoms with van der Waals surface area (Å²) in [4.78, 5) is 1.75. The van der Waals surface area contributed by atoms with Crippen molar-refractivity contribution in [3.05, 3.63) is 88.7 Å². The molecule has 2 nitrogen and oxygen atoms in total. The largest absolute Gasteiger partial charge is 0.440 e. The number of ether oxygens (including phenoxy) is 1. The van der Waals surface area contributed by atoms with Crippen LogP contribution in [0.4, 0.5) is 0 Å². The summed E-state index contributed by atoms with van der Waals surface area (Å²) in [6.45, 7) is 2.55. The van der Waals surface area contributed by atoms with Crippen molar-refractivity contribution in [2.45, 2.75) is 75.9 Å². The molecule has 2 aliphatic heterocycles. The molecule has 0 aromatic heterocycles. The molecule has 3 atom stereocenters. The number of hydrogen-bond acceptors (Lipinski definition) is 1. The summed E-state index contributed by atoms with van der Waals surface area (Å²) in [6, 6.07) is 22.3. The number of hydrogen-bond donors (Lipinski definition) is 1. The van der Waals surface area contributed by atoms with Gasteiger partial charge in [0.2, 0.25) is 5.72 Å². The minimum Gasteiger partial charge on any atom is -0.440 e. The van der Waals surface area contributed by atoms with Crippen LogP contribution in [0.2, 0.25) is 0 Å². The zero-order valence-corrected chi connectivity index (χ0v) is 19.9. The first-order valence-corrected chi connectivity index (χ1v) is 13.4. The molecule has 0 unspecified atom stereocenters. The van der Waals surface area contributed by atoms with Crippen molar-refractivity contribution in [3.63, 3.8) is 0 Å². The van der Waals surface area contributed by atoms with Gasteiger partial charge in [0.25, 0.3) is 0 Å². The molecule has 2 heteroatoms. The van der Waals surface area contributed by atoms with Gasteiger partial charge in [-0.3, -0.25) is 4.90 Å². The van der Waals surface area contributed by atoms with Crippen molar-refractivity contribution in [1.82, 2.24) is 0 Å². The molecular weight excluding hydrogens is 402 g/mol. The van der Waals surface area contributed by atoms with Gasteiger partial charge in [0.1, 0.15) is 5.76 Å².